The van der Waals surface area contributed by atoms with Crippen LogP contribution >= 0.6 is 11.3 Å². The molecule has 9 aromatic rings. The van der Waals surface area contributed by atoms with Gasteiger partial charge in [-0.1, -0.05) is 198 Å². The molecule has 1 nitrogen and oxygen atoms in total. The number of anilines is 1. The number of benzene rings is 8. The van der Waals surface area contributed by atoms with Gasteiger partial charge in [-0.05, 0) is 114 Å². The predicted molar refractivity (Wildman–Crippen MR) is 269 cm³/mol. The van der Waals surface area contributed by atoms with Crippen LogP contribution in [0.4, 0.5) is 5.69 Å². The van der Waals surface area contributed by atoms with Crippen LogP contribution in [0, 0.1) is 0 Å². The number of fused-ring (bicyclic) bond motifs is 13. The summed E-state index contributed by atoms with van der Waals surface area (Å²) in [5, 5.41) is 6.46. The summed E-state index contributed by atoms with van der Waals surface area (Å²) >= 11 is 1.87. The van der Waals surface area contributed by atoms with E-state index in [1.807, 2.05) is 11.3 Å². The van der Waals surface area contributed by atoms with Crippen molar-refractivity contribution < 1.29 is 0 Å². The summed E-state index contributed by atoms with van der Waals surface area (Å²) in [7, 11) is 0. The molecule has 0 unspecified atom stereocenters. The van der Waals surface area contributed by atoms with Gasteiger partial charge in [0.05, 0.1) is 5.41 Å². The van der Waals surface area contributed by atoms with Gasteiger partial charge in [-0.25, -0.2) is 0 Å². The van der Waals surface area contributed by atoms with E-state index in [-0.39, 0.29) is 10.8 Å². The molecule has 1 aromatic heterocycles. The van der Waals surface area contributed by atoms with Crippen molar-refractivity contribution in [1.29, 1.82) is 0 Å². The lowest BCUT2D eigenvalue weighted by molar-refractivity contribution is 0.563. The molecular formula is C61H47NS. The monoisotopic (exact) mass is 825 g/mol. The fourth-order valence-corrected chi connectivity index (χ4v) is 12.6. The van der Waals surface area contributed by atoms with Gasteiger partial charge in [0.1, 0.15) is 0 Å². The Labute approximate surface area is 374 Å². The first-order valence-corrected chi connectivity index (χ1v) is 23.0. The zero-order valence-electron chi connectivity index (χ0n) is 36.0. The third-order valence-corrected chi connectivity index (χ3v) is 15.6. The molecular weight excluding hydrogens is 779 g/mol. The van der Waals surface area contributed by atoms with Crippen molar-refractivity contribution in [3.8, 4) is 22.3 Å². The molecule has 0 bridgehead atoms. The highest BCUT2D eigenvalue weighted by Crippen LogP contribution is 2.62. The number of thiophene rings is 1. The van der Waals surface area contributed by atoms with Crippen LogP contribution in [0.2, 0.25) is 0 Å². The molecule has 1 spiro atoms. The first kappa shape index (κ1) is 37.7. The average Bonchev–Trinajstić information content (AvgIpc) is 3.91. The van der Waals surface area contributed by atoms with Crippen molar-refractivity contribution in [2.75, 3.05) is 5.32 Å². The lowest BCUT2D eigenvalue weighted by atomic mass is 9.55. The molecule has 0 fully saturated rings. The molecule has 3 aliphatic rings. The summed E-state index contributed by atoms with van der Waals surface area (Å²) in [4.78, 5) is 0. The maximum atomic E-state index is 3.78. The molecule has 3 aliphatic carbocycles. The standard InChI is InChI=1S/C61H47NS/c1-59(2)48-20-8-5-16-43(48)45(34-30-39-28-31-40(32-29-39)42-19-15-27-57-58(42)47-18-7-14-26-56(47)63-57)49(59)36-37-62-41-33-35-46-44-17-6-9-21-50(44)61(55(46)38-41)53-24-12-10-22-51(53)60(3,4)52-23-11-13-25-54(52)61/h5-38,62H,1-4H3/b34-30-,37-36+. The van der Waals surface area contributed by atoms with Gasteiger partial charge in [-0.15, -0.1) is 11.3 Å². The van der Waals surface area contributed by atoms with Gasteiger partial charge in [0.2, 0.25) is 0 Å². The van der Waals surface area contributed by atoms with E-state index in [1.165, 1.54) is 104 Å². The Morgan fingerprint density at radius 3 is 1.76 bits per heavy atom. The summed E-state index contributed by atoms with van der Waals surface area (Å²) in [5.74, 6) is 0. The molecule has 0 atom stereocenters. The van der Waals surface area contributed by atoms with Crippen molar-refractivity contribution in [2.24, 2.45) is 0 Å². The lowest BCUT2D eigenvalue weighted by Gasteiger charge is -2.46. The summed E-state index contributed by atoms with van der Waals surface area (Å²) in [6.07, 6.45) is 9.06. The zero-order valence-corrected chi connectivity index (χ0v) is 36.9. The molecule has 2 heteroatoms. The quantitative estimate of drug-likeness (QED) is 0.176. The Morgan fingerprint density at radius 2 is 1.02 bits per heavy atom. The fourth-order valence-electron chi connectivity index (χ4n) is 11.5. The van der Waals surface area contributed by atoms with Crippen LogP contribution in [0.1, 0.15) is 77.8 Å². The third kappa shape index (κ3) is 5.47. The van der Waals surface area contributed by atoms with Crippen LogP contribution in [-0.2, 0) is 16.2 Å². The highest BCUT2D eigenvalue weighted by molar-refractivity contribution is 7.25. The Hall–Kier alpha value is -7.00. The number of hydrogen-bond acceptors (Lipinski definition) is 2. The van der Waals surface area contributed by atoms with E-state index in [2.05, 4.69) is 239 Å². The first-order chi connectivity index (χ1) is 30.8. The van der Waals surface area contributed by atoms with E-state index in [1.54, 1.807) is 0 Å². The van der Waals surface area contributed by atoms with Gasteiger partial charge in [0.15, 0.2) is 0 Å². The molecule has 0 radical (unpaired) electrons. The maximum absolute atomic E-state index is 3.78. The van der Waals surface area contributed by atoms with Gasteiger partial charge in [0, 0.05) is 42.9 Å². The van der Waals surface area contributed by atoms with Crippen molar-refractivity contribution in [2.45, 2.75) is 43.9 Å². The maximum Gasteiger partial charge on any atom is 0.0720 e. The zero-order chi connectivity index (χ0) is 42.5. The highest BCUT2D eigenvalue weighted by atomic mass is 32.1. The van der Waals surface area contributed by atoms with Crippen LogP contribution in [0.3, 0.4) is 0 Å². The second-order valence-electron chi connectivity index (χ2n) is 18.5. The van der Waals surface area contributed by atoms with Crippen LogP contribution < -0.4 is 5.32 Å². The molecule has 1 N–H and O–H groups in total. The lowest BCUT2D eigenvalue weighted by Crippen LogP contribution is -2.40. The van der Waals surface area contributed by atoms with Gasteiger partial charge in [0.25, 0.3) is 0 Å². The minimum atomic E-state index is -0.421. The van der Waals surface area contributed by atoms with Crippen molar-refractivity contribution in [3.05, 3.63) is 256 Å². The van der Waals surface area contributed by atoms with E-state index in [9.17, 15) is 0 Å². The van der Waals surface area contributed by atoms with Crippen molar-refractivity contribution in [1.82, 2.24) is 0 Å². The molecule has 8 aromatic carbocycles. The smallest absolute Gasteiger partial charge is 0.0720 e. The summed E-state index contributed by atoms with van der Waals surface area (Å²) in [5.41, 5.74) is 20.1. The molecule has 63 heavy (non-hydrogen) atoms. The van der Waals surface area contributed by atoms with E-state index < -0.39 is 5.41 Å². The largest absolute Gasteiger partial charge is 0.362 e. The summed E-state index contributed by atoms with van der Waals surface area (Å²) in [6, 6.07) is 67.8. The highest BCUT2D eigenvalue weighted by Gasteiger charge is 2.53. The third-order valence-electron chi connectivity index (χ3n) is 14.5. The fraction of sp³-hybridized carbons (Fsp3) is 0.115. The predicted octanol–water partition coefficient (Wildman–Crippen LogP) is 16.1. The van der Waals surface area contributed by atoms with E-state index in [0.29, 0.717) is 0 Å². The number of hydrogen-bond donors (Lipinski definition) is 1. The van der Waals surface area contributed by atoms with Crippen molar-refractivity contribution >= 4 is 48.8 Å². The second kappa shape index (κ2) is 14.0. The number of allylic oxidation sites excluding steroid dienone is 4. The van der Waals surface area contributed by atoms with E-state index in [0.717, 1.165) is 5.69 Å². The topological polar surface area (TPSA) is 12.0 Å². The Balaban J connectivity index is 0.909. The molecule has 302 valence electrons. The van der Waals surface area contributed by atoms with Gasteiger partial charge < -0.3 is 5.32 Å². The SMILES string of the molecule is CC1(C)C(/C=C/Nc2ccc3c(c2)C2(c4ccccc4-3)c3ccccc3C(C)(C)c3ccccc32)=C(/C=C\c2ccc(-c3cccc4sc5ccccc5c34)cc2)c2ccccc21. The Kier molecular flexibility index (Phi) is 8.39. The van der Waals surface area contributed by atoms with Crippen LogP contribution in [0.15, 0.2) is 206 Å². The molecule has 0 saturated heterocycles. The van der Waals surface area contributed by atoms with Crippen molar-refractivity contribution in [3.63, 3.8) is 0 Å². The molecule has 0 amide bonds. The van der Waals surface area contributed by atoms with E-state index >= 15 is 0 Å². The normalized spacial score (nSPS) is 16.1. The minimum absolute atomic E-state index is 0.126. The molecule has 12 rings (SSSR count). The number of rotatable bonds is 6. The Bertz CT molecular complexity index is 3370. The molecule has 0 aliphatic heterocycles. The first-order valence-electron chi connectivity index (χ1n) is 22.2. The van der Waals surface area contributed by atoms with Gasteiger partial charge in [-0.3, -0.25) is 0 Å². The summed E-state index contributed by atoms with van der Waals surface area (Å²) in [6.45, 7) is 9.47. The van der Waals surface area contributed by atoms with Crippen LogP contribution in [0.5, 0.6) is 0 Å². The van der Waals surface area contributed by atoms with Crippen LogP contribution in [-0.4, -0.2) is 0 Å². The molecule has 1 heterocycles. The summed E-state index contributed by atoms with van der Waals surface area (Å²) < 4.78 is 2.66. The Morgan fingerprint density at radius 1 is 0.429 bits per heavy atom. The second-order valence-corrected chi connectivity index (χ2v) is 19.6. The van der Waals surface area contributed by atoms with Crippen LogP contribution in [0.25, 0.3) is 54.1 Å². The molecule has 0 saturated carbocycles. The number of nitrogens with one attached hydrogen (secondary N) is 1. The van der Waals surface area contributed by atoms with Gasteiger partial charge >= 0.3 is 0 Å². The van der Waals surface area contributed by atoms with Gasteiger partial charge in [-0.2, -0.15) is 0 Å². The average molecular weight is 826 g/mol. The minimum Gasteiger partial charge on any atom is -0.362 e. The van der Waals surface area contributed by atoms with E-state index in [4.69, 9.17) is 0 Å².